The third-order valence-electron chi connectivity index (χ3n) is 3.38. The topological polar surface area (TPSA) is 66.8 Å². The van der Waals surface area contributed by atoms with Crippen molar-refractivity contribution in [3.05, 3.63) is 35.4 Å². The molecule has 1 aromatic rings. The van der Waals surface area contributed by atoms with Crippen molar-refractivity contribution in [3.63, 3.8) is 0 Å². The number of amides is 1. The molecule has 1 atom stereocenters. The zero-order valence-corrected chi connectivity index (χ0v) is 12.3. The van der Waals surface area contributed by atoms with E-state index in [-0.39, 0.29) is 12.9 Å². The van der Waals surface area contributed by atoms with Crippen LogP contribution >= 0.6 is 0 Å². The molecule has 0 aromatic heterocycles. The lowest BCUT2D eigenvalue weighted by molar-refractivity contribution is -0.138. The van der Waals surface area contributed by atoms with E-state index in [1.165, 1.54) is 4.90 Å². The van der Waals surface area contributed by atoms with Crippen LogP contribution in [0.4, 0.5) is 4.79 Å². The Morgan fingerprint density at radius 2 is 2.19 bits per heavy atom. The minimum Gasteiger partial charge on any atom is -0.480 e. The van der Waals surface area contributed by atoms with Gasteiger partial charge in [-0.15, -0.1) is 0 Å². The van der Waals surface area contributed by atoms with Crippen LogP contribution in [-0.4, -0.2) is 34.2 Å². The smallest absolute Gasteiger partial charge is 0.411 e. The van der Waals surface area contributed by atoms with Crippen molar-refractivity contribution < 1.29 is 20.8 Å². The van der Waals surface area contributed by atoms with E-state index in [9.17, 15) is 9.59 Å². The SMILES string of the molecule is [2H]CC(C)(C)OC(=O)N(CC(=O)O)C1CCc2ccccc21. The van der Waals surface area contributed by atoms with Gasteiger partial charge in [-0.3, -0.25) is 9.69 Å². The summed E-state index contributed by atoms with van der Waals surface area (Å²) >= 11 is 0. The Kier molecular flexibility index (Phi) is 3.82. The summed E-state index contributed by atoms with van der Waals surface area (Å²) in [6, 6.07) is 7.44. The average Bonchev–Trinajstić information content (AvgIpc) is 2.88. The molecule has 0 spiro atoms. The van der Waals surface area contributed by atoms with Gasteiger partial charge < -0.3 is 9.84 Å². The van der Waals surface area contributed by atoms with Crippen molar-refractivity contribution in [2.45, 2.75) is 45.2 Å². The summed E-state index contributed by atoms with van der Waals surface area (Å²) in [4.78, 5) is 24.8. The second-order valence-electron chi connectivity index (χ2n) is 5.90. The Bertz CT molecular complexity index is 573. The molecule has 0 fully saturated rings. The highest BCUT2D eigenvalue weighted by atomic mass is 16.6. The van der Waals surface area contributed by atoms with Crippen LogP contribution in [0.1, 0.15) is 45.7 Å². The van der Waals surface area contributed by atoms with E-state index >= 15 is 0 Å². The largest absolute Gasteiger partial charge is 0.480 e. The van der Waals surface area contributed by atoms with Gasteiger partial charge in [-0.1, -0.05) is 24.3 Å². The molecule has 0 radical (unpaired) electrons. The van der Waals surface area contributed by atoms with Gasteiger partial charge in [0.05, 0.1) is 6.04 Å². The zero-order valence-electron chi connectivity index (χ0n) is 13.3. The van der Waals surface area contributed by atoms with Crippen LogP contribution in [0.25, 0.3) is 0 Å². The van der Waals surface area contributed by atoms with Crippen LogP contribution in [0.15, 0.2) is 24.3 Å². The highest BCUT2D eigenvalue weighted by Gasteiger charge is 2.34. The molecule has 5 nitrogen and oxygen atoms in total. The van der Waals surface area contributed by atoms with Crippen molar-refractivity contribution in [3.8, 4) is 0 Å². The fourth-order valence-corrected chi connectivity index (χ4v) is 2.60. The molecule has 1 aliphatic rings. The van der Waals surface area contributed by atoms with E-state index in [4.69, 9.17) is 11.2 Å². The zero-order chi connectivity index (χ0) is 16.3. The van der Waals surface area contributed by atoms with Gasteiger partial charge in [0.2, 0.25) is 0 Å². The number of carboxylic acids is 1. The van der Waals surface area contributed by atoms with Crippen molar-refractivity contribution in [2.24, 2.45) is 0 Å². The summed E-state index contributed by atoms with van der Waals surface area (Å²) in [5.41, 5.74) is 1.17. The molecule has 1 aliphatic carbocycles. The molecule has 0 heterocycles. The first-order chi connectivity index (χ1) is 10.3. The van der Waals surface area contributed by atoms with Gasteiger partial charge in [0.15, 0.2) is 0 Å². The van der Waals surface area contributed by atoms with Crippen molar-refractivity contribution in [2.75, 3.05) is 6.54 Å². The Hall–Kier alpha value is -2.04. The Balaban J connectivity index is 2.24. The van der Waals surface area contributed by atoms with Gasteiger partial charge in [-0.2, -0.15) is 0 Å². The van der Waals surface area contributed by atoms with E-state index in [1.54, 1.807) is 13.8 Å². The third kappa shape index (κ3) is 3.74. The van der Waals surface area contributed by atoms with Gasteiger partial charge in [-0.25, -0.2) is 4.79 Å². The molecule has 0 saturated heterocycles. The van der Waals surface area contributed by atoms with Crippen molar-refractivity contribution >= 4 is 12.1 Å². The number of carbonyl (C=O) groups is 2. The number of aryl methyl sites for hydroxylation is 1. The molecule has 1 unspecified atom stereocenters. The van der Waals surface area contributed by atoms with Gasteiger partial charge in [-0.05, 0) is 44.7 Å². The molecule has 2 rings (SSSR count). The predicted octanol–water partition coefficient (Wildman–Crippen LogP) is 3.00. The Morgan fingerprint density at radius 3 is 2.86 bits per heavy atom. The molecule has 1 aromatic carbocycles. The highest BCUT2D eigenvalue weighted by molar-refractivity contribution is 5.77. The number of hydrogen-bond donors (Lipinski definition) is 1. The quantitative estimate of drug-likeness (QED) is 0.930. The summed E-state index contributed by atoms with van der Waals surface area (Å²) in [6.45, 7) is 2.78. The molecular formula is C16H21NO4. The Labute approximate surface area is 125 Å². The first-order valence-corrected chi connectivity index (χ1v) is 6.92. The standard InChI is InChI=1S/C16H21NO4/c1-16(2,3)21-15(20)17(10-14(18)19)13-9-8-11-6-4-5-7-12(11)13/h4-7,13H,8-10H2,1-3H3,(H,18,19)/i1D. The summed E-state index contributed by atoms with van der Waals surface area (Å²) < 4.78 is 12.7. The van der Waals surface area contributed by atoms with E-state index in [0.29, 0.717) is 6.42 Å². The van der Waals surface area contributed by atoms with Crippen LogP contribution in [0.3, 0.4) is 0 Å². The number of carboxylic acid groups (broad SMARTS) is 1. The number of hydrogen-bond acceptors (Lipinski definition) is 3. The summed E-state index contributed by atoms with van der Waals surface area (Å²) in [6.07, 6.45) is 0.816. The maximum atomic E-state index is 12.4. The lowest BCUT2D eigenvalue weighted by atomic mass is 10.1. The van der Waals surface area contributed by atoms with E-state index in [2.05, 4.69) is 0 Å². The molecule has 5 heteroatoms. The number of rotatable bonds is 3. The van der Waals surface area contributed by atoms with Gasteiger partial charge in [0, 0.05) is 1.37 Å². The molecule has 21 heavy (non-hydrogen) atoms. The molecule has 0 saturated carbocycles. The van der Waals surface area contributed by atoms with Gasteiger partial charge in [0.25, 0.3) is 0 Å². The van der Waals surface area contributed by atoms with Crippen LogP contribution in [-0.2, 0) is 16.0 Å². The number of benzene rings is 1. The van der Waals surface area contributed by atoms with Crippen molar-refractivity contribution in [1.29, 1.82) is 0 Å². The second-order valence-corrected chi connectivity index (χ2v) is 5.90. The maximum Gasteiger partial charge on any atom is 0.411 e. The highest BCUT2D eigenvalue weighted by Crippen LogP contribution is 2.36. The van der Waals surface area contributed by atoms with Crippen LogP contribution in [0.5, 0.6) is 0 Å². The minimum absolute atomic E-state index is 0.0824. The molecule has 0 bridgehead atoms. The maximum absolute atomic E-state index is 12.4. The fraction of sp³-hybridized carbons (Fsp3) is 0.500. The molecule has 1 amide bonds. The van der Waals surface area contributed by atoms with Crippen molar-refractivity contribution in [1.82, 2.24) is 4.90 Å². The predicted molar refractivity (Wildman–Crippen MR) is 78.1 cm³/mol. The first kappa shape index (κ1) is 13.9. The number of ether oxygens (including phenoxy) is 1. The molecule has 1 N–H and O–H groups in total. The normalized spacial score (nSPS) is 17.8. The number of nitrogens with zero attached hydrogens (tertiary/aromatic N) is 1. The lowest BCUT2D eigenvalue weighted by Gasteiger charge is -2.31. The van der Waals surface area contributed by atoms with E-state index in [1.807, 2.05) is 24.3 Å². The van der Waals surface area contributed by atoms with E-state index in [0.717, 1.165) is 17.5 Å². The number of fused-ring (bicyclic) bond motifs is 1. The molecule has 114 valence electrons. The lowest BCUT2D eigenvalue weighted by Crippen LogP contribution is -2.41. The summed E-state index contributed by atoms with van der Waals surface area (Å²) in [7, 11) is 0. The minimum atomic E-state index is -1.08. The summed E-state index contributed by atoms with van der Waals surface area (Å²) in [5, 5.41) is 9.11. The number of carbonyl (C=O) groups excluding carboxylic acids is 1. The third-order valence-corrected chi connectivity index (χ3v) is 3.38. The monoisotopic (exact) mass is 292 g/mol. The van der Waals surface area contributed by atoms with Crippen LogP contribution in [0.2, 0.25) is 0 Å². The first-order valence-electron chi connectivity index (χ1n) is 7.63. The fourth-order valence-electron chi connectivity index (χ4n) is 2.60. The van der Waals surface area contributed by atoms with Gasteiger partial charge in [0.1, 0.15) is 12.1 Å². The Morgan fingerprint density at radius 1 is 1.48 bits per heavy atom. The second kappa shape index (κ2) is 5.76. The van der Waals surface area contributed by atoms with Crippen LogP contribution in [0, 0.1) is 0 Å². The average molecular weight is 292 g/mol. The summed E-state index contributed by atoms with van der Waals surface area (Å²) in [5.74, 6) is -1.08. The van der Waals surface area contributed by atoms with Gasteiger partial charge >= 0.3 is 12.1 Å². The van der Waals surface area contributed by atoms with Crippen LogP contribution < -0.4 is 0 Å². The van der Waals surface area contributed by atoms with E-state index < -0.39 is 24.2 Å². The molecular weight excluding hydrogens is 270 g/mol. The molecule has 0 aliphatic heterocycles. The number of aliphatic carboxylic acids is 1.